The highest BCUT2D eigenvalue weighted by molar-refractivity contribution is 6.06. The van der Waals surface area contributed by atoms with Gasteiger partial charge in [0.15, 0.2) is 6.39 Å². The summed E-state index contributed by atoms with van der Waals surface area (Å²) in [7, 11) is 0. The van der Waals surface area contributed by atoms with E-state index in [1.165, 1.54) is 46.9 Å². The zero-order valence-electron chi connectivity index (χ0n) is 12.2. The fourth-order valence-corrected chi connectivity index (χ4v) is 2.11. The first-order valence-corrected chi connectivity index (χ1v) is 6.94. The van der Waals surface area contributed by atoms with Crippen molar-refractivity contribution >= 4 is 21.8 Å². The number of benzene rings is 2. The Balaban J connectivity index is 0.000000128. The number of hydrogen-bond acceptors (Lipinski definition) is 5. The molecule has 6 nitrogen and oxygen atoms in total. The van der Waals surface area contributed by atoms with Crippen molar-refractivity contribution in [1.29, 1.82) is 0 Å². The second-order valence-electron chi connectivity index (χ2n) is 4.48. The molecular formula is C17H14N4O2. The SMILES string of the molecule is c1ccc2c(c1)[nH]c1ccccc12.c1cocn1.c1conn1. The number of para-hydroxylation sites is 2. The van der Waals surface area contributed by atoms with Crippen molar-refractivity contribution in [3.8, 4) is 0 Å². The molecule has 23 heavy (non-hydrogen) atoms. The topological polar surface area (TPSA) is 80.7 Å². The van der Waals surface area contributed by atoms with Gasteiger partial charge in [0.2, 0.25) is 0 Å². The van der Waals surface area contributed by atoms with Gasteiger partial charge in [-0.3, -0.25) is 0 Å². The second kappa shape index (κ2) is 7.56. The van der Waals surface area contributed by atoms with Crippen LogP contribution in [-0.2, 0) is 0 Å². The highest BCUT2D eigenvalue weighted by Gasteiger charge is 2.00. The second-order valence-corrected chi connectivity index (χ2v) is 4.48. The minimum atomic E-state index is 1.21. The first-order valence-electron chi connectivity index (χ1n) is 6.94. The molecule has 5 rings (SSSR count). The monoisotopic (exact) mass is 306 g/mol. The Morgan fingerprint density at radius 1 is 0.783 bits per heavy atom. The standard InChI is InChI=1S/C12H9N.C3H3NO.C2H2N2O/c1-3-7-11-9(5-1)10-6-2-4-8-12(10)13-11;1-2-5-3-4-1;1-2-5-4-3-1/h1-8,13H;1-3H;1-2H. The molecule has 114 valence electrons. The van der Waals surface area contributed by atoms with Crippen molar-refractivity contribution in [3.63, 3.8) is 0 Å². The quantitative estimate of drug-likeness (QED) is 0.466. The van der Waals surface area contributed by atoms with Crippen LogP contribution in [0.5, 0.6) is 0 Å². The van der Waals surface area contributed by atoms with Gasteiger partial charge in [0.25, 0.3) is 0 Å². The predicted molar refractivity (Wildman–Crippen MR) is 86.6 cm³/mol. The molecule has 0 spiro atoms. The molecule has 1 N–H and O–H groups in total. The summed E-state index contributed by atoms with van der Waals surface area (Å²) in [4.78, 5) is 6.93. The summed E-state index contributed by atoms with van der Waals surface area (Å²) in [5, 5.41) is 9.01. The molecule has 0 aliphatic heterocycles. The molecule has 0 atom stereocenters. The van der Waals surface area contributed by atoms with Crippen LogP contribution < -0.4 is 0 Å². The number of nitrogens with one attached hydrogen (secondary N) is 1. The molecule has 0 amide bonds. The number of H-pyrrole nitrogens is 1. The molecule has 2 aromatic carbocycles. The summed E-state index contributed by atoms with van der Waals surface area (Å²) in [6.45, 7) is 0. The first-order chi connectivity index (χ1) is 11.4. The molecule has 5 aromatic rings. The normalized spacial score (nSPS) is 9.74. The lowest BCUT2D eigenvalue weighted by atomic mass is 10.2. The third-order valence-electron chi connectivity index (χ3n) is 3.04. The largest absolute Gasteiger partial charge is 0.452 e. The number of nitrogens with zero attached hydrogens (tertiary/aromatic N) is 3. The zero-order valence-corrected chi connectivity index (χ0v) is 12.2. The van der Waals surface area contributed by atoms with E-state index >= 15 is 0 Å². The van der Waals surface area contributed by atoms with E-state index in [1.54, 1.807) is 6.20 Å². The Morgan fingerprint density at radius 2 is 1.48 bits per heavy atom. The molecule has 0 aliphatic carbocycles. The summed E-state index contributed by atoms with van der Waals surface area (Å²) in [5.41, 5.74) is 2.42. The lowest BCUT2D eigenvalue weighted by molar-refractivity contribution is 0.393. The van der Waals surface area contributed by atoms with E-state index < -0.39 is 0 Å². The minimum Gasteiger partial charge on any atom is -0.452 e. The summed E-state index contributed by atoms with van der Waals surface area (Å²) in [5.74, 6) is 0. The van der Waals surface area contributed by atoms with Crippen LogP contribution in [0.25, 0.3) is 21.8 Å². The Labute approximate surface area is 131 Å². The summed E-state index contributed by atoms with van der Waals surface area (Å²) in [6, 6.07) is 16.8. The van der Waals surface area contributed by atoms with Crippen LogP contribution in [0, 0.1) is 0 Å². The van der Waals surface area contributed by atoms with Gasteiger partial charge in [0.1, 0.15) is 12.5 Å². The lowest BCUT2D eigenvalue weighted by Crippen LogP contribution is -1.62. The highest BCUT2D eigenvalue weighted by Crippen LogP contribution is 2.24. The maximum Gasteiger partial charge on any atom is 0.180 e. The zero-order chi connectivity index (χ0) is 15.7. The smallest absolute Gasteiger partial charge is 0.180 e. The number of hydrogen-bond donors (Lipinski definition) is 1. The Morgan fingerprint density at radius 3 is 1.87 bits per heavy atom. The number of oxazole rings is 1. The molecule has 3 heterocycles. The van der Waals surface area contributed by atoms with Crippen LogP contribution in [0.1, 0.15) is 0 Å². The van der Waals surface area contributed by atoms with Crippen LogP contribution in [-0.4, -0.2) is 20.3 Å². The van der Waals surface area contributed by atoms with Crippen molar-refractivity contribution in [2.24, 2.45) is 0 Å². The summed E-state index contributed by atoms with van der Waals surface area (Å²) >= 11 is 0. The summed E-state index contributed by atoms with van der Waals surface area (Å²) < 4.78 is 8.69. The van der Waals surface area contributed by atoms with Gasteiger partial charge in [0.05, 0.1) is 12.4 Å². The number of aromatic nitrogens is 4. The first kappa shape index (κ1) is 14.5. The van der Waals surface area contributed by atoms with Crippen molar-refractivity contribution in [1.82, 2.24) is 20.3 Å². The van der Waals surface area contributed by atoms with Crippen LogP contribution >= 0.6 is 0 Å². The van der Waals surface area contributed by atoms with E-state index in [1.807, 2.05) is 0 Å². The van der Waals surface area contributed by atoms with Crippen molar-refractivity contribution in [2.75, 3.05) is 0 Å². The Hall–Kier alpha value is -3.41. The van der Waals surface area contributed by atoms with Crippen molar-refractivity contribution in [2.45, 2.75) is 0 Å². The molecular weight excluding hydrogens is 292 g/mol. The molecule has 0 unspecified atom stereocenters. The van der Waals surface area contributed by atoms with Crippen molar-refractivity contribution in [3.05, 3.63) is 79.8 Å². The van der Waals surface area contributed by atoms with Gasteiger partial charge < -0.3 is 13.9 Å². The van der Waals surface area contributed by atoms with E-state index in [0.717, 1.165) is 0 Å². The van der Waals surface area contributed by atoms with Crippen molar-refractivity contribution < 1.29 is 8.94 Å². The van der Waals surface area contributed by atoms with Gasteiger partial charge in [-0.2, -0.15) is 0 Å². The van der Waals surface area contributed by atoms with E-state index in [4.69, 9.17) is 0 Å². The number of fused-ring (bicyclic) bond motifs is 3. The van der Waals surface area contributed by atoms with Gasteiger partial charge in [-0.25, -0.2) is 4.98 Å². The van der Waals surface area contributed by atoms with Crippen LogP contribution in [0.3, 0.4) is 0 Å². The molecule has 0 radical (unpaired) electrons. The highest BCUT2D eigenvalue weighted by atomic mass is 16.5. The lowest BCUT2D eigenvalue weighted by Gasteiger charge is -1.87. The van der Waals surface area contributed by atoms with Crippen LogP contribution in [0.15, 0.2) is 88.8 Å². The van der Waals surface area contributed by atoms with Gasteiger partial charge in [-0.1, -0.05) is 36.4 Å². The molecule has 0 bridgehead atoms. The van der Waals surface area contributed by atoms with E-state index in [0.29, 0.717) is 0 Å². The van der Waals surface area contributed by atoms with Crippen LogP contribution in [0.4, 0.5) is 0 Å². The van der Waals surface area contributed by atoms with Crippen LogP contribution in [0.2, 0.25) is 0 Å². The van der Waals surface area contributed by atoms with E-state index in [2.05, 4.69) is 77.8 Å². The van der Waals surface area contributed by atoms with E-state index in [-0.39, 0.29) is 0 Å². The van der Waals surface area contributed by atoms with Gasteiger partial charge in [0, 0.05) is 27.1 Å². The molecule has 0 saturated heterocycles. The molecule has 0 aliphatic rings. The minimum absolute atomic E-state index is 1.21. The molecule has 0 fully saturated rings. The average Bonchev–Trinajstić information content (AvgIpc) is 3.38. The number of rotatable bonds is 0. The summed E-state index contributed by atoms with van der Waals surface area (Å²) in [6.07, 6.45) is 7.35. The molecule has 3 aromatic heterocycles. The van der Waals surface area contributed by atoms with Gasteiger partial charge in [-0.05, 0) is 12.1 Å². The fraction of sp³-hybridized carbons (Fsp3) is 0. The average molecular weight is 306 g/mol. The third-order valence-corrected chi connectivity index (χ3v) is 3.04. The van der Waals surface area contributed by atoms with E-state index in [9.17, 15) is 0 Å². The fourth-order valence-electron chi connectivity index (χ4n) is 2.11. The maximum atomic E-state index is 4.47. The predicted octanol–water partition coefficient (Wildman–Crippen LogP) is 4.07. The Bertz CT molecular complexity index is 817. The number of aromatic amines is 1. The third kappa shape index (κ3) is 3.82. The van der Waals surface area contributed by atoms with Gasteiger partial charge >= 0.3 is 0 Å². The molecule has 0 saturated carbocycles. The van der Waals surface area contributed by atoms with Gasteiger partial charge in [-0.15, -0.1) is 5.10 Å². The molecule has 6 heteroatoms. The Kier molecular flexibility index (Phi) is 4.77. The maximum absolute atomic E-state index is 4.47.